The third kappa shape index (κ3) is 8.88. The number of methoxy groups -OCH3 is 1. The van der Waals surface area contributed by atoms with Crippen molar-refractivity contribution in [3.63, 3.8) is 0 Å². The van der Waals surface area contributed by atoms with Crippen molar-refractivity contribution in [2.75, 3.05) is 13.7 Å². The highest BCUT2D eigenvalue weighted by molar-refractivity contribution is 5.38. The molecule has 2 aliphatic rings. The lowest BCUT2D eigenvalue weighted by Gasteiger charge is -2.32. The van der Waals surface area contributed by atoms with Crippen LogP contribution in [-0.2, 0) is 15.9 Å². The van der Waals surface area contributed by atoms with Gasteiger partial charge in [0.2, 0.25) is 0 Å². The van der Waals surface area contributed by atoms with Gasteiger partial charge in [-0.2, -0.15) is 0 Å². The largest absolute Gasteiger partial charge is 0.490 e. The summed E-state index contributed by atoms with van der Waals surface area (Å²) in [5.74, 6) is 0.930. The molecule has 5 nitrogen and oxygen atoms in total. The Morgan fingerprint density at radius 1 is 0.889 bits per heavy atom. The van der Waals surface area contributed by atoms with E-state index in [1.807, 2.05) is 27.7 Å². The van der Waals surface area contributed by atoms with E-state index in [0.29, 0.717) is 18.9 Å². The third-order valence-electron chi connectivity index (χ3n) is 6.90. The van der Waals surface area contributed by atoms with E-state index in [9.17, 15) is 10.2 Å². The van der Waals surface area contributed by atoms with E-state index in [4.69, 9.17) is 14.2 Å². The standard InChI is InChI=1S/C27H36O5.2C2H6/c1-18-3-6-20(27-16-22(29)15-26(17-28)32-27)14-21(18)13-19-4-7-24(8-5-19)31-25-11-9-23(30-2)10-12-25;2*1-2/h3-8,14,22-23,25-29H,9-13,15-17H2,1-2H3;2*1-2H3. The van der Waals surface area contributed by atoms with Crippen LogP contribution >= 0.6 is 0 Å². The molecule has 5 heteroatoms. The Kier molecular flexibility index (Phi) is 13.5. The number of ether oxygens (including phenoxy) is 3. The molecule has 1 saturated carbocycles. The molecular weight excluding hydrogens is 452 g/mol. The molecule has 4 rings (SSSR count). The van der Waals surface area contributed by atoms with Gasteiger partial charge in [0.15, 0.2) is 0 Å². The van der Waals surface area contributed by atoms with Crippen LogP contribution in [0.5, 0.6) is 5.75 Å². The highest BCUT2D eigenvalue weighted by Gasteiger charge is 2.29. The van der Waals surface area contributed by atoms with Crippen LogP contribution in [0.15, 0.2) is 42.5 Å². The predicted octanol–water partition coefficient (Wildman–Crippen LogP) is 6.55. The zero-order chi connectivity index (χ0) is 26.5. The van der Waals surface area contributed by atoms with E-state index in [2.05, 4.69) is 49.4 Å². The minimum Gasteiger partial charge on any atom is -0.490 e. The lowest BCUT2D eigenvalue weighted by atomic mass is 9.92. The number of benzene rings is 2. The highest BCUT2D eigenvalue weighted by atomic mass is 16.5. The monoisotopic (exact) mass is 500 g/mol. The fraction of sp³-hybridized carbons (Fsp3) is 0.613. The summed E-state index contributed by atoms with van der Waals surface area (Å²) in [5, 5.41) is 19.6. The normalized spacial score (nSPS) is 25.6. The first-order valence-electron chi connectivity index (χ1n) is 13.9. The van der Waals surface area contributed by atoms with Crippen LogP contribution < -0.4 is 4.74 Å². The second-order valence-electron chi connectivity index (χ2n) is 9.31. The molecule has 3 atom stereocenters. The number of rotatable bonds is 7. The molecule has 2 N–H and O–H groups in total. The van der Waals surface area contributed by atoms with Gasteiger partial charge in [0.05, 0.1) is 37.1 Å². The van der Waals surface area contributed by atoms with Crippen molar-refractivity contribution in [2.45, 2.75) is 110 Å². The van der Waals surface area contributed by atoms with Crippen molar-refractivity contribution in [1.29, 1.82) is 0 Å². The van der Waals surface area contributed by atoms with E-state index in [1.54, 1.807) is 7.11 Å². The molecule has 0 spiro atoms. The fourth-order valence-electron chi connectivity index (χ4n) is 4.89. The van der Waals surface area contributed by atoms with Gasteiger partial charge in [-0.15, -0.1) is 0 Å². The van der Waals surface area contributed by atoms with Crippen LogP contribution in [0.25, 0.3) is 0 Å². The van der Waals surface area contributed by atoms with E-state index in [1.165, 1.54) is 16.7 Å². The maximum atomic E-state index is 10.2. The molecule has 1 saturated heterocycles. The third-order valence-corrected chi connectivity index (χ3v) is 6.90. The molecule has 2 fully saturated rings. The van der Waals surface area contributed by atoms with Gasteiger partial charge in [0.1, 0.15) is 5.75 Å². The van der Waals surface area contributed by atoms with Gasteiger partial charge in [0, 0.05) is 20.0 Å². The number of hydrogen-bond donors (Lipinski definition) is 2. The Hall–Kier alpha value is -1.92. The number of aryl methyl sites for hydroxylation is 1. The lowest BCUT2D eigenvalue weighted by Crippen LogP contribution is -2.33. The van der Waals surface area contributed by atoms with Crippen molar-refractivity contribution in [2.24, 2.45) is 0 Å². The lowest BCUT2D eigenvalue weighted by molar-refractivity contribution is -0.113. The molecule has 2 aromatic carbocycles. The molecule has 0 amide bonds. The predicted molar refractivity (Wildman–Crippen MR) is 147 cm³/mol. The molecule has 0 radical (unpaired) electrons. The van der Waals surface area contributed by atoms with E-state index in [0.717, 1.165) is 43.4 Å². The fourth-order valence-corrected chi connectivity index (χ4v) is 4.89. The second-order valence-corrected chi connectivity index (χ2v) is 9.31. The summed E-state index contributed by atoms with van der Waals surface area (Å²) in [6, 6.07) is 14.8. The molecule has 1 aliphatic heterocycles. The van der Waals surface area contributed by atoms with Crippen LogP contribution in [-0.4, -0.2) is 48.3 Å². The van der Waals surface area contributed by atoms with Gasteiger partial charge in [0.25, 0.3) is 0 Å². The maximum Gasteiger partial charge on any atom is 0.119 e. The SMILES string of the molecule is CC.CC.COC1CCC(Oc2ccc(Cc3cc(C4CC(O)CC(CO)O4)ccc3C)cc2)CC1. The summed E-state index contributed by atoms with van der Waals surface area (Å²) in [6.07, 6.45) is 5.85. The smallest absolute Gasteiger partial charge is 0.119 e. The van der Waals surface area contributed by atoms with Gasteiger partial charge in [-0.3, -0.25) is 0 Å². The minimum atomic E-state index is -0.437. The zero-order valence-electron chi connectivity index (χ0n) is 23.2. The molecule has 1 heterocycles. The van der Waals surface area contributed by atoms with Crippen molar-refractivity contribution in [3.8, 4) is 5.75 Å². The molecule has 3 unspecified atom stereocenters. The van der Waals surface area contributed by atoms with E-state index in [-0.39, 0.29) is 24.9 Å². The second kappa shape index (κ2) is 16.0. The Bertz CT molecular complexity index is 858. The topological polar surface area (TPSA) is 68.2 Å². The van der Waals surface area contributed by atoms with Gasteiger partial charge in [-0.05, 0) is 73.4 Å². The molecule has 2 aromatic rings. The summed E-state index contributed by atoms with van der Waals surface area (Å²) in [6.45, 7) is 10.1. The molecular formula is C31H48O5. The Morgan fingerprint density at radius 2 is 1.53 bits per heavy atom. The first-order chi connectivity index (χ1) is 17.5. The summed E-state index contributed by atoms with van der Waals surface area (Å²) >= 11 is 0. The summed E-state index contributed by atoms with van der Waals surface area (Å²) < 4.78 is 17.6. The Morgan fingerprint density at radius 3 is 2.14 bits per heavy atom. The van der Waals surface area contributed by atoms with Crippen LogP contribution in [0, 0.1) is 6.92 Å². The van der Waals surface area contributed by atoms with Gasteiger partial charge in [-0.1, -0.05) is 58.0 Å². The zero-order valence-corrected chi connectivity index (χ0v) is 23.2. The molecule has 0 bridgehead atoms. The molecule has 202 valence electrons. The average molecular weight is 501 g/mol. The minimum absolute atomic E-state index is 0.0610. The van der Waals surface area contributed by atoms with Crippen LogP contribution in [0.2, 0.25) is 0 Å². The number of aliphatic hydroxyl groups excluding tert-OH is 2. The maximum absolute atomic E-state index is 10.2. The Balaban J connectivity index is 0.00000109. The van der Waals surface area contributed by atoms with Crippen LogP contribution in [0.4, 0.5) is 0 Å². The quantitative estimate of drug-likeness (QED) is 0.451. The first-order valence-corrected chi connectivity index (χ1v) is 13.9. The van der Waals surface area contributed by atoms with Crippen molar-refractivity contribution < 1.29 is 24.4 Å². The van der Waals surface area contributed by atoms with Crippen molar-refractivity contribution in [3.05, 3.63) is 64.7 Å². The molecule has 0 aromatic heterocycles. The van der Waals surface area contributed by atoms with E-state index >= 15 is 0 Å². The first kappa shape index (κ1) is 30.3. The highest BCUT2D eigenvalue weighted by Crippen LogP contribution is 2.33. The van der Waals surface area contributed by atoms with Crippen molar-refractivity contribution >= 4 is 0 Å². The average Bonchev–Trinajstić information content (AvgIpc) is 2.93. The number of aliphatic hydroxyl groups is 2. The Labute approximate surface area is 218 Å². The van der Waals surface area contributed by atoms with E-state index < -0.39 is 6.10 Å². The number of hydrogen-bond acceptors (Lipinski definition) is 5. The summed E-state index contributed by atoms with van der Waals surface area (Å²) in [5.41, 5.74) is 4.78. The van der Waals surface area contributed by atoms with Gasteiger partial charge < -0.3 is 24.4 Å². The van der Waals surface area contributed by atoms with Gasteiger partial charge >= 0.3 is 0 Å². The summed E-state index contributed by atoms with van der Waals surface area (Å²) in [7, 11) is 1.79. The van der Waals surface area contributed by atoms with Crippen molar-refractivity contribution in [1.82, 2.24) is 0 Å². The van der Waals surface area contributed by atoms with Crippen LogP contribution in [0.3, 0.4) is 0 Å². The molecule has 36 heavy (non-hydrogen) atoms. The summed E-state index contributed by atoms with van der Waals surface area (Å²) in [4.78, 5) is 0. The molecule has 1 aliphatic carbocycles. The van der Waals surface area contributed by atoms with Crippen LogP contribution in [0.1, 0.15) is 94.6 Å². The van der Waals surface area contributed by atoms with Gasteiger partial charge in [-0.25, -0.2) is 0 Å².